The molecule has 80 valence electrons. The SMILES string of the molecule is C#CC1=C[SH](CC(=O)c2ccccc2)C=C1. The lowest BCUT2D eigenvalue weighted by molar-refractivity contribution is 0.102. The highest BCUT2D eigenvalue weighted by Gasteiger charge is 2.11. The Hall–Kier alpha value is -1.72. The highest BCUT2D eigenvalue weighted by Crippen LogP contribution is 2.36. The van der Waals surface area contributed by atoms with E-state index in [-0.39, 0.29) is 5.78 Å². The Morgan fingerprint density at radius 2 is 2.06 bits per heavy atom. The lowest BCUT2D eigenvalue weighted by Gasteiger charge is -2.08. The van der Waals surface area contributed by atoms with Crippen LogP contribution < -0.4 is 0 Å². The quantitative estimate of drug-likeness (QED) is 0.478. The van der Waals surface area contributed by atoms with Crippen LogP contribution in [0.4, 0.5) is 0 Å². The number of hydrogen-bond donors (Lipinski definition) is 1. The molecule has 1 aliphatic heterocycles. The van der Waals surface area contributed by atoms with Crippen LogP contribution in [0.15, 0.2) is 52.8 Å². The van der Waals surface area contributed by atoms with Gasteiger partial charge in [0.1, 0.15) is 0 Å². The van der Waals surface area contributed by atoms with E-state index in [2.05, 4.69) is 5.92 Å². The van der Waals surface area contributed by atoms with Crippen LogP contribution in [0.2, 0.25) is 0 Å². The van der Waals surface area contributed by atoms with Crippen LogP contribution >= 0.6 is 10.9 Å². The average molecular weight is 228 g/mol. The van der Waals surface area contributed by atoms with Gasteiger partial charge in [0, 0.05) is 16.9 Å². The minimum atomic E-state index is -0.488. The first-order chi connectivity index (χ1) is 7.79. The van der Waals surface area contributed by atoms with E-state index in [9.17, 15) is 4.79 Å². The maximum atomic E-state index is 11.9. The van der Waals surface area contributed by atoms with Gasteiger partial charge in [0.15, 0.2) is 5.78 Å². The fraction of sp³-hybridized carbons (Fsp3) is 0.0714. The number of hydrogen-bond acceptors (Lipinski definition) is 1. The molecule has 0 fully saturated rings. The molecule has 1 atom stereocenters. The van der Waals surface area contributed by atoms with Gasteiger partial charge in [-0.2, -0.15) is 0 Å². The van der Waals surface area contributed by atoms with Gasteiger partial charge in [-0.25, -0.2) is 10.9 Å². The molecule has 1 nitrogen and oxygen atoms in total. The molecule has 0 N–H and O–H groups in total. The second kappa shape index (κ2) is 4.87. The van der Waals surface area contributed by atoms with E-state index < -0.39 is 10.9 Å². The Morgan fingerprint density at radius 1 is 1.31 bits per heavy atom. The van der Waals surface area contributed by atoms with Gasteiger partial charge in [0.2, 0.25) is 0 Å². The molecule has 1 aromatic carbocycles. The van der Waals surface area contributed by atoms with E-state index in [1.165, 1.54) is 0 Å². The number of carbonyl (C=O) groups is 1. The predicted octanol–water partition coefficient (Wildman–Crippen LogP) is 2.91. The number of rotatable bonds is 3. The Labute approximate surface area is 98.2 Å². The zero-order valence-electron chi connectivity index (χ0n) is 8.76. The maximum absolute atomic E-state index is 11.9. The van der Waals surface area contributed by atoms with Gasteiger partial charge in [0.25, 0.3) is 0 Å². The average Bonchev–Trinajstić information content (AvgIpc) is 2.78. The topological polar surface area (TPSA) is 17.1 Å². The molecule has 1 unspecified atom stereocenters. The third-order valence-corrected chi connectivity index (χ3v) is 4.13. The summed E-state index contributed by atoms with van der Waals surface area (Å²) in [6, 6.07) is 9.38. The minimum absolute atomic E-state index is 0.186. The zero-order chi connectivity index (χ0) is 11.4. The summed E-state index contributed by atoms with van der Waals surface area (Å²) < 4.78 is 0. The molecular weight excluding hydrogens is 216 g/mol. The summed E-state index contributed by atoms with van der Waals surface area (Å²) in [5, 5.41) is 4.07. The van der Waals surface area contributed by atoms with Crippen molar-refractivity contribution in [1.82, 2.24) is 0 Å². The van der Waals surface area contributed by atoms with Crippen molar-refractivity contribution in [1.29, 1.82) is 0 Å². The number of carbonyl (C=O) groups excluding carboxylic acids is 1. The highest BCUT2D eigenvalue weighted by atomic mass is 32.2. The predicted molar refractivity (Wildman–Crippen MR) is 70.7 cm³/mol. The first-order valence-electron chi connectivity index (χ1n) is 5.00. The molecule has 1 heterocycles. The molecule has 0 radical (unpaired) electrons. The first-order valence-corrected chi connectivity index (χ1v) is 6.67. The minimum Gasteiger partial charge on any atom is -0.293 e. The third-order valence-electron chi connectivity index (χ3n) is 2.34. The molecule has 0 aromatic heterocycles. The van der Waals surface area contributed by atoms with Crippen molar-refractivity contribution in [2.45, 2.75) is 0 Å². The van der Waals surface area contributed by atoms with E-state index in [1.54, 1.807) is 0 Å². The van der Waals surface area contributed by atoms with Gasteiger partial charge < -0.3 is 0 Å². The Bertz CT molecular complexity index is 491. The number of allylic oxidation sites excluding steroid dienone is 2. The lowest BCUT2D eigenvalue weighted by atomic mass is 10.2. The zero-order valence-corrected chi connectivity index (χ0v) is 9.65. The summed E-state index contributed by atoms with van der Waals surface area (Å²) in [7, 11) is -0.488. The van der Waals surface area contributed by atoms with Gasteiger partial charge in [-0.15, -0.1) is 6.42 Å². The second-order valence-corrected chi connectivity index (χ2v) is 5.41. The number of Topliss-reactive ketones (excluding diaryl/α,β-unsaturated/α-hetero) is 1. The summed E-state index contributed by atoms with van der Waals surface area (Å²) in [5.74, 6) is 3.33. The molecule has 0 aliphatic carbocycles. The first kappa shape index (κ1) is 10.8. The van der Waals surface area contributed by atoms with E-state index >= 15 is 0 Å². The van der Waals surface area contributed by atoms with Crippen molar-refractivity contribution in [3.63, 3.8) is 0 Å². The maximum Gasteiger partial charge on any atom is 0.171 e. The molecule has 1 aromatic rings. The van der Waals surface area contributed by atoms with Crippen molar-refractivity contribution < 1.29 is 4.79 Å². The van der Waals surface area contributed by atoms with Crippen LogP contribution in [0.5, 0.6) is 0 Å². The molecule has 0 saturated heterocycles. The van der Waals surface area contributed by atoms with E-state index in [0.29, 0.717) is 5.75 Å². The molecular formula is C14H12OS. The third kappa shape index (κ3) is 2.44. The normalized spacial score (nSPS) is 20.2. The molecule has 0 amide bonds. The van der Waals surface area contributed by atoms with Crippen LogP contribution in [-0.4, -0.2) is 11.5 Å². The highest BCUT2D eigenvalue weighted by molar-refractivity contribution is 8.22. The summed E-state index contributed by atoms with van der Waals surface area (Å²) in [6.45, 7) is 0. The van der Waals surface area contributed by atoms with Crippen molar-refractivity contribution in [2.24, 2.45) is 0 Å². The fourth-order valence-corrected chi connectivity index (χ4v) is 3.17. The smallest absolute Gasteiger partial charge is 0.171 e. The molecule has 2 rings (SSSR count). The summed E-state index contributed by atoms with van der Waals surface area (Å²) >= 11 is 0. The largest absolute Gasteiger partial charge is 0.293 e. The Balaban J connectivity index is 2.03. The molecule has 0 bridgehead atoms. The van der Waals surface area contributed by atoms with Crippen molar-refractivity contribution in [3.8, 4) is 12.3 Å². The van der Waals surface area contributed by atoms with Gasteiger partial charge in [0.05, 0.1) is 0 Å². The number of thiol groups is 1. The fourth-order valence-electron chi connectivity index (χ4n) is 1.51. The Morgan fingerprint density at radius 3 is 2.69 bits per heavy atom. The molecule has 16 heavy (non-hydrogen) atoms. The monoisotopic (exact) mass is 228 g/mol. The van der Waals surface area contributed by atoms with E-state index in [4.69, 9.17) is 6.42 Å². The summed E-state index contributed by atoms with van der Waals surface area (Å²) in [4.78, 5) is 11.9. The second-order valence-electron chi connectivity index (χ2n) is 3.51. The molecule has 2 heteroatoms. The van der Waals surface area contributed by atoms with Crippen molar-refractivity contribution >= 4 is 16.7 Å². The lowest BCUT2D eigenvalue weighted by Crippen LogP contribution is -2.03. The summed E-state index contributed by atoms with van der Waals surface area (Å²) in [6.07, 6.45) is 7.21. The number of terminal acetylenes is 1. The molecule has 0 spiro atoms. The van der Waals surface area contributed by atoms with E-state index in [1.807, 2.05) is 47.2 Å². The van der Waals surface area contributed by atoms with Gasteiger partial charge in [-0.05, 0) is 16.9 Å². The van der Waals surface area contributed by atoms with Gasteiger partial charge in [-0.1, -0.05) is 36.3 Å². The van der Waals surface area contributed by atoms with Crippen molar-refractivity contribution in [3.05, 3.63) is 58.4 Å². The molecule has 1 aliphatic rings. The molecule has 0 saturated carbocycles. The van der Waals surface area contributed by atoms with Crippen LogP contribution in [0.3, 0.4) is 0 Å². The van der Waals surface area contributed by atoms with E-state index in [0.717, 1.165) is 11.1 Å². The van der Waals surface area contributed by atoms with Gasteiger partial charge >= 0.3 is 0 Å². The van der Waals surface area contributed by atoms with Crippen molar-refractivity contribution in [2.75, 3.05) is 5.75 Å². The van der Waals surface area contributed by atoms with Gasteiger partial charge in [-0.3, -0.25) is 4.79 Å². The number of benzene rings is 1. The van der Waals surface area contributed by atoms with Crippen LogP contribution in [0.1, 0.15) is 10.4 Å². The van der Waals surface area contributed by atoms with Crippen LogP contribution in [-0.2, 0) is 0 Å². The summed E-state index contributed by atoms with van der Waals surface area (Å²) in [5.41, 5.74) is 1.67. The Kier molecular flexibility index (Phi) is 3.28. The van der Waals surface area contributed by atoms with Crippen LogP contribution in [0.25, 0.3) is 0 Å². The number of ketones is 1. The standard InChI is InChI=1S/C14H12OS/c1-2-12-8-9-16(10-12)11-14(15)13-6-4-3-5-7-13/h1,3-10,16H,11H2. The van der Waals surface area contributed by atoms with Crippen LogP contribution in [0, 0.1) is 12.3 Å².